The van der Waals surface area contributed by atoms with E-state index in [0.717, 1.165) is 11.6 Å². The van der Waals surface area contributed by atoms with Gasteiger partial charge in [-0.15, -0.1) is 0 Å². The van der Waals surface area contributed by atoms with Crippen molar-refractivity contribution < 1.29 is 10.2 Å². The first-order chi connectivity index (χ1) is 12.6. The van der Waals surface area contributed by atoms with Crippen LogP contribution in [0.3, 0.4) is 0 Å². The van der Waals surface area contributed by atoms with Gasteiger partial charge in [-0.25, -0.2) is 28.2 Å². The summed E-state index contributed by atoms with van der Waals surface area (Å²) in [6, 6.07) is 6.63. The van der Waals surface area contributed by atoms with Gasteiger partial charge in [-0.2, -0.15) is 5.10 Å². The number of nitrogens with one attached hydrogen (secondary N) is 1. The Kier molecular flexibility index (Phi) is 4.00. The smallest absolute Gasteiger partial charge is 0.164 e. The molecule has 1 N–H and O–H groups in total. The molecule has 1 atom stereocenters. The lowest BCUT2D eigenvalue weighted by Gasteiger charge is -2.16. The Morgan fingerprint density at radius 2 is 2.04 bits per heavy atom. The normalized spacial score (nSPS) is 12.3. The number of hydrogen-bond donors (Lipinski definition) is 1. The van der Waals surface area contributed by atoms with Crippen molar-refractivity contribution >= 4 is 11.5 Å². The minimum Gasteiger partial charge on any atom is -0.363 e. The first-order valence-electron chi connectivity index (χ1n) is 7.94. The molecule has 0 amide bonds. The second-order valence-electron chi connectivity index (χ2n) is 5.77. The van der Waals surface area contributed by atoms with Gasteiger partial charge >= 0.3 is 0 Å². The fourth-order valence-electron chi connectivity index (χ4n) is 2.74. The van der Waals surface area contributed by atoms with Crippen LogP contribution < -0.4 is 5.32 Å². The van der Waals surface area contributed by atoms with E-state index in [2.05, 4.69) is 25.4 Å². The van der Waals surface area contributed by atoms with Crippen molar-refractivity contribution in [1.82, 2.24) is 24.6 Å². The maximum atomic E-state index is 13.9. The van der Waals surface area contributed by atoms with Crippen molar-refractivity contribution in [3.63, 3.8) is 0 Å². The first kappa shape index (κ1) is 16.1. The van der Waals surface area contributed by atoms with Crippen LogP contribution in [0.1, 0.15) is 20.0 Å². The molecule has 0 aliphatic heterocycles. The van der Waals surface area contributed by atoms with Gasteiger partial charge < -0.3 is 5.32 Å². The van der Waals surface area contributed by atoms with E-state index in [-0.39, 0.29) is 1.43 Å². The van der Waals surface area contributed by atoms with Gasteiger partial charge in [-0.1, -0.05) is 6.07 Å². The molecule has 0 aliphatic carbocycles. The van der Waals surface area contributed by atoms with Gasteiger partial charge in [0, 0.05) is 31.5 Å². The lowest BCUT2D eigenvalue weighted by Crippen LogP contribution is -2.10. The van der Waals surface area contributed by atoms with E-state index in [4.69, 9.17) is 0 Å². The third-order valence-corrected chi connectivity index (χ3v) is 4.02. The monoisotopic (exact) mass is 354 g/mol. The van der Waals surface area contributed by atoms with Crippen LogP contribution in [-0.4, -0.2) is 24.6 Å². The number of aromatic nitrogens is 5. The summed E-state index contributed by atoms with van der Waals surface area (Å²) in [5, 5.41) is 7.35. The number of halogens is 2. The molecule has 0 unspecified atom stereocenters. The van der Waals surface area contributed by atoms with E-state index in [0.29, 0.717) is 22.7 Å². The Morgan fingerprint density at radius 3 is 2.88 bits per heavy atom. The minimum atomic E-state index is -0.608. The molecule has 4 aromatic rings. The summed E-state index contributed by atoms with van der Waals surface area (Å²) in [5.74, 6) is -0.698. The molecule has 4 rings (SSSR count). The second kappa shape index (κ2) is 6.47. The van der Waals surface area contributed by atoms with Crippen LogP contribution >= 0.6 is 0 Å². The maximum absolute atomic E-state index is 13.9. The highest BCUT2D eigenvalue weighted by atomic mass is 19.1. The number of benzene rings is 1. The van der Waals surface area contributed by atoms with Gasteiger partial charge in [-0.3, -0.25) is 0 Å². The van der Waals surface area contributed by atoms with Crippen molar-refractivity contribution in [1.29, 1.82) is 0 Å². The van der Waals surface area contributed by atoms with Gasteiger partial charge in [0.2, 0.25) is 0 Å². The Bertz CT molecular complexity index is 1080. The molecule has 0 bridgehead atoms. The summed E-state index contributed by atoms with van der Waals surface area (Å²) >= 11 is 0. The summed E-state index contributed by atoms with van der Waals surface area (Å²) in [6.07, 6.45) is 6.57. The molecule has 8 heteroatoms. The largest absolute Gasteiger partial charge is 0.363 e. The van der Waals surface area contributed by atoms with Crippen LogP contribution in [0.5, 0.6) is 0 Å². The van der Waals surface area contributed by atoms with Crippen molar-refractivity contribution in [2.24, 2.45) is 0 Å². The third kappa shape index (κ3) is 2.97. The number of fused-ring (bicyclic) bond motifs is 1. The van der Waals surface area contributed by atoms with Crippen LogP contribution in [0.2, 0.25) is 0 Å². The van der Waals surface area contributed by atoms with Crippen molar-refractivity contribution in [2.45, 2.75) is 13.0 Å². The molecule has 6 nitrogen and oxygen atoms in total. The summed E-state index contributed by atoms with van der Waals surface area (Å²) in [5.41, 5.74) is 2.43. The highest BCUT2D eigenvalue weighted by Crippen LogP contribution is 2.25. The van der Waals surface area contributed by atoms with Crippen LogP contribution in [0.15, 0.2) is 55.2 Å². The van der Waals surface area contributed by atoms with Crippen LogP contribution in [0.25, 0.3) is 16.9 Å². The fourth-order valence-corrected chi connectivity index (χ4v) is 2.74. The lowest BCUT2D eigenvalue weighted by molar-refractivity contribution is 0.566. The topological polar surface area (TPSA) is 68.0 Å². The molecule has 0 saturated carbocycles. The number of nitrogens with zero attached hydrogens (tertiary/aromatic N) is 5. The van der Waals surface area contributed by atoms with Crippen molar-refractivity contribution in [3.05, 3.63) is 72.4 Å². The predicted octanol–water partition coefficient (Wildman–Crippen LogP) is 3.88. The van der Waals surface area contributed by atoms with E-state index in [9.17, 15) is 8.78 Å². The van der Waals surface area contributed by atoms with Crippen molar-refractivity contribution in [2.75, 3.05) is 5.32 Å². The van der Waals surface area contributed by atoms with Gasteiger partial charge in [0.1, 0.15) is 23.8 Å². The summed E-state index contributed by atoms with van der Waals surface area (Å²) in [6.45, 7) is 1.77. The zero-order valence-corrected chi connectivity index (χ0v) is 13.8. The molecule has 0 aliphatic rings. The Balaban J connectivity index is 0.00000210. The van der Waals surface area contributed by atoms with Crippen LogP contribution in [0.4, 0.5) is 14.6 Å². The molecule has 3 heterocycles. The highest BCUT2D eigenvalue weighted by molar-refractivity contribution is 5.75. The van der Waals surface area contributed by atoms with Crippen molar-refractivity contribution in [3.8, 4) is 11.3 Å². The molecular formula is C18H16F2N6. The lowest BCUT2D eigenvalue weighted by atomic mass is 10.1. The van der Waals surface area contributed by atoms with E-state index < -0.39 is 17.7 Å². The highest BCUT2D eigenvalue weighted by Gasteiger charge is 2.14. The zero-order valence-electron chi connectivity index (χ0n) is 13.8. The molecule has 3 aromatic heterocycles. The predicted molar refractivity (Wildman–Crippen MR) is 94.5 cm³/mol. The molecule has 0 spiro atoms. The van der Waals surface area contributed by atoms with E-state index in [1.807, 2.05) is 0 Å². The number of hydrogen-bond acceptors (Lipinski definition) is 5. The van der Waals surface area contributed by atoms with Gasteiger partial charge in [0.15, 0.2) is 5.65 Å². The number of rotatable bonds is 4. The van der Waals surface area contributed by atoms with Crippen LogP contribution in [-0.2, 0) is 0 Å². The first-order valence-corrected chi connectivity index (χ1v) is 7.94. The Hall–Kier alpha value is -3.42. The van der Waals surface area contributed by atoms with Crippen LogP contribution in [0, 0.1) is 11.6 Å². The van der Waals surface area contributed by atoms with Gasteiger partial charge in [-0.05, 0) is 19.1 Å². The van der Waals surface area contributed by atoms with Gasteiger partial charge in [0.05, 0.1) is 23.5 Å². The average molecular weight is 354 g/mol. The molecule has 0 fully saturated rings. The SMILES string of the molecule is C[C@H](Nc1cc(-c2cnn3cccnc23)ncn1)c1ccc(F)cc1F.[HH]. The zero-order chi connectivity index (χ0) is 18.1. The molecule has 0 saturated heterocycles. The van der Waals surface area contributed by atoms with E-state index in [1.54, 1.807) is 42.2 Å². The summed E-state index contributed by atoms with van der Waals surface area (Å²) in [7, 11) is 0. The average Bonchev–Trinajstić information content (AvgIpc) is 3.06. The standard InChI is InChI=1S/C18H14F2N6.H2/c1-11(13-4-3-12(19)7-15(13)20)25-17-8-16(22-10-23-17)14-9-24-26-6-2-5-21-18(14)26;/h2-11H,1H3,(H,22,23,25);1H/t11-;/m0./s1. The van der Waals surface area contributed by atoms with E-state index >= 15 is 0 Å². The van der Waals surface area contributed by atoms with E-state index in [1.165, 1.54) is 18.5 Å². The quantitative estimate of drug-likeness (QED) is 0.602. The maximum Gasteiger partial charge on any atom is 0.164 e. The summed E-state index contributed by atoms with van der Waals surface area (Å²) in [4.78, 5) is 12.8. The number of anilines is 1. The Morgan fingerprint density at radius 1 is 1.15 bits per heavy atom. The molecule has 26 heavy (non-hydrogen) atoms. The summed E-state index contributed by atoms with van der Waals surface area (Å²) < 4.78 is 28.7. The Labute approximate surface area is 149 Å². The molecule has 132 valence electrons. The molecule has 0 radical (unpaired) electrons. The second-order valence-corrected chi connectivity index (χ2v) is 5.77. The minimum absolute atomic E-state index is 0. The molecular weight excluding hydrogens is 338 g/mol. The third-order valence-electron chi connectivity index (χ3n) is 4.02. The van der Waals surface area contributed by atoms with Gasteiger partial charge in [0.25, 0.3) is 0 Å². The fraction of sp³-hybridized carbons (Fsp3) is 0.111. The molecule has 1 aromatic carbocycles.